The molecule has 0 saturated carbocycles. The van der Waals surface area contributed by atoms with Crippen molar-refractivity contribution in [2.45, 2.75) is 123 Å². The van der Waals surface area contributed by atoms with Gasteiger partial charge in [0.25, 0.3) is 0 Å². The third-order valence-electron chi connectivity index (χ3n) is 11.0. The molecule has 1 aromatic rings. The molecule has 1 aliphatic heterocycles. The Morgan fingerprint density at radius 1 is 0.964 bits per heavy atom. The maximum absolute atomic E-state index is 14.4. The van der Waals surface area contributed by atoms with Crippen LogP contribution in [0.1, 0.15) is 86.6 Å². The van der Waals surface area contributed by atoms with E-state index in [4.69, 9.17) is 9.47 Å². The molecule has 0 bridgehead atoms. The summed E-state index contributed by atoms with van der Waals surface area (Å²) in [6.45, 7) is 18.8. The molecule has 1 aliphatic rings. The molecule has 7 unspecified atom stereocenters. The molecule has 2 N–H and O–H groups in total. The van der Waals surface area contributed by atoms with Crippen LogP contribution in [-0.4, -0.2) is 146 Å². The van der Waals surface area contributed by atoms with Gasteiger partial charge in [0.2, 0.25) is 11.8 Å². The number of Topliss-reactive ketones (excluding diaryl/α,β-unsaturated/α-hetero) is 1. The van der Waals surface area contributed by atoms with Crippen LogP contribution in [0.3, 0.4) is 0 Å². The number of ether oxygens (including phenoxy) is 2. The number of methoxy groups -OCH3 is 1. The number of rotatable bonds is 25. The topological polar surface area (TPSA) is 124 Å². The molecule has 1 saturated heterocycles. The Kier molecular flexibility index (Phi) is 21.9. The summed E-state index contributed by atoms with van der Waals surface area (Å²) in [7, 11) is 7.62. The molecule has 314 valence electrons. The largest absolute Gasteiger partial charge is 0.449 e. The molecule has 3 amide bonds. The Morgan fingerprint density at radius 2 is 1.64 bits per heavy atom. The zero-order chi connectivity index (χ0) is 41.2. The number of hydrazine groups is 1. The van der Waals surface area contributed by atoms with E-state index < -0.39 is 23.5 Å². The van der Waals surface area contributed by atoms with Crippen LogP contribution in [0.25, 0.3) is 0 Å². The summed E-state index contributed by atoms with van der Waals surface area (Å²) in [6.07, 6.45) is 2.01. The minimum Gasteiger partial charge on any atom is -0.449 e. The number of nitrogens with zero attached hydrogens (tertiary/aromatic N) is 4. The van der Waals surface area contributed by atoms with Crippen LogP contribution in [0.5, 0.6) is 0 Å². The molecule has 55 heavy (non-hydrogen) atoms. The zero-order valence-electron chi connectivity index (χ0n) is 36.0. The Balaban J connectivity index is 2.30. The smallest absolute Gasteiger partial charge is 0.407 e. The molecule has 0 aromatic heterocycles. The van der Waals surface area contributed by atoms with Crippen LogP contribution in [0.4, 0.5) is 4.79 Å². The van der Waals surface area contributed by atoms with Crippen molar-refractivity contribution in [3.8, 4) is 0 Å². The summed E-state index contributed by atoms with van der Waals surface area (Å²) >= 11 is 1.43. The van der Waals surface area contributed by atoms with E-state index in [0.717, 1.165) is 18.4 Å². The third-order valence-corrected chi connectivity index (χ3v) is 12.1. The lowest BCUT2D eigenvalue weighted by Gasteiger charge is -2.41. The first-order chi connectivity index (χ1) is 26.1. The first-order valence-electron chi connectivity index (χ1n) is 20.4. The van der Waals surface area contributed by atoms with Crippen LogP contribution in [-0.2, 0) is 30.3 Å². The number of hydrogen-bond donors (Lipinski definition) is 2. The number of thioether (sulfide) groups is 1. The molecule has 0 spiro atoms. The van der Waals surface area contributed by atoms with Gasteiger partial charge in [0.05, 0.1) is 29.5 Å². The summed E-state index contributed by atoms with van der Waals surface area (Å²) in [4.78, 5) is 58.7. The summed E-state index contributed by atoms with van der Waals surface area (Å²) < 4.78 is 11.3. The van der Waals surface area contributed by atoms with E-state index in [2.05, 4.69) is 71.2 Å². The predicted octanol–water partition coefficient (Wildman–Crippen LogP) is 5.35. The second kappa shape index (κ2) is 24.8. The van der Waals surface area contributed by atoms with Gasteiger partial charge in [-0.2, -0.15) is 0 Å². The molecule has 12 nitrogen and oxygen atoms in total. The standard InChI is InChI=1S/C42H74N6O6S/c1-13-31(7)39(46(11)41(51)38(30(5)6)44-28-35(29(3)4)45(9)10)37(53-12)27-36(49)34-21-18-23-47(34)48(24-22-33-19-16-15-17-20-33)40(50)32(8)55-26-25-54-42(52)43-14-2/h15-17,19-20,29-32,34-35,37-39,44H,13-14,18,21-28H2,1-12H3,(H,43,52). The van der Waals surface area contributed by atoms with Gasteiger partial charge in [-0.15, -0.1) is 11.8 Å². The zero-order valence-corrected chi connectivity index (χ0v) is 36.8. The van der Waals surface area contributed by atoms with E-state index in [0.29, 0.717) is 50.7 Å². The van der Waals surface area contributed by atoms with E-state index in [9.17, 15) is 19.2 Å². The van der Waals surface area contributed by atoms with Crippen molar-refractivity contribution in [1.82, 2.24) is 30.5 Å². The Morgan fingerprint density at radius 3 is 2.20 bits per heavy atom. The van der Waals surface area contributed by atoms with Crippen LogP contribution in [0, 0.1) is 17.8 Å². The van der Waals surface area contributed by atoms with Crippen molar-refractivity contribution in [1.29, 1.82) is 0 Å². The van der Waals surface area contributed by atoms with Crippen LogP contribution in [0.2, 0.25) is 0 Å². The fraction of sp³-hybridized carbons (Fsp3) is 0.762. The second-order valence-corrected chi connectivity index (χ2v) is 17.3. The average Bonchev–Trinajstić information content (AvgIpc) is 3.64. The lowest BCUT2D eigenvalue weighted by atomic mass is 9.88. The van der Waals surface area contributed by atoms with Crippen molar-refractivity contribution in [3.63, 3.8) is 0 Å². The number of nitrogens with one attached hydrogen (secondary N) is 2. The number of benzene rings is 1. The monoisotopic (exact) mass is 791 g/mol. The molecule has 1 fully saturated rings. The second-order valence-electron chi connectivity index (χ2n) is 15.9. The predicted molar refractivity (Wildman–Crippen MR) is 224 cm³/mol. The van der Waals surface area contributed by atoms with E-state index in [1.165, 1.54) is 11.8 Å². The number of alkyl carbamates (subject to hydrolysis) is 1. The highest BCUT2D eigenvalue weighted by atomic mass is 32.2. The fourth-order valence-corrected chi connectivity index (χ4v) is 8.40. The van der Waals surface area contributed by atoms with Gasteiger partial charge < -0.3 is 29.9 Å². The first-order valence-corrected chi connectivity index (χ1v) is 21.5. The number of carbonyl (C=O) groups is 4. The average molecular weight is 791 g/mol. The van der Waals surface area contributed by atoms with E-state index >= 15 is 0 Å². The molecule has 13 heteroatoms. The Labute approximate surface area is 337 Å². The van der Waals surface area contributed by atoms with Gasteiger partial charge in [0, 0.05) is 58.6 Å². The lowest BCUT2D eigenvalue weighted by Crippen LogP contribution is -2.58. The number of hydrogen-bond acceptors (Lipinski definition) is 10. The molecule has 7 atom stereocenters. The van der Waals surface area contributed by atoms with Gasteiger partial charge in [0.15, 0.2) is 5.78 Å². The van der Waals surface area contributed by atoms with Crippen LogP contribution < -0.4 is 10.6 Å². The van der Waals surface area contributed by atoms with Gasteiger partial charge in [-0.1, -0.05) is 78.3 Å². The Bertz CT molecular complexity index is 1290. The SMILES string of the molecule is CCNC(=O)OCCSC(C)C(=O)N(CCc1ccccc1)N1CCCC1C(=O)CC(OC)C(C(C)CC)N(C)C(=O)C(NCC(C(C)C)N(C)C)C(C)C. The molecular formula is C42H74N6O6S. The summed E-state index contributed by atoms with van der Waals surface area (Å²) in [5, 5.41) is 9.55. The number of amides is 3. The van der Waals surface area contributed by atoms with Crippen molar-refractivity contribution < 1.29 is 28.7 Å². The van der Waals surface area contributed by atoms with E-state index in [-0.39, 0.29) is 60.6 Å². The number of likely N-dealkylation sites (N-methyl/N-ethyl adjacent to an activating group) is 2. The van der Waals surface area contributed by atoms with Crippen molar-refractivity contribution >= 4 is 35.5 Å². The maximum atomic E-state index is 14.4. The minimum absolute atomic E-state index is 0.000817. The minimum atomic E-state index is -0.523. The first kappa shape index (κ1) is 48.4. The van der Waals surface area contributed by atoms with Gasteiger partial charge >= 0.3 is 6.09 Å². The van der Waals surface area contributed by atoms with Crippen molar-refractivity contribution in [2.24, 2.45) is 17.8 Å². The fourth-order valence-electron chi connectivity index (χ4n) is 7.60. The summed E-state index contributed by atoms with van der Waals surface area (Å²) in [5.74, 6) is 0.953. The maximum Gasteiger partial charge on any atom is 0.407 e. The third kappa shape index (κ3) is 15.0. The normalized spacial score (nSPS) is 18.1. The lowest BCUT2D eigenvalue weighted by molar-refractivity contribution is -0.155. The highest BCUT2D eigenvalue weighted by Gasteiger charge is 2.42. The summed E-state index contributed by atoms with van der Waals surface area (Å²) in [5.41, 5.74) is 1.11. The molecule has 0 aliphatic carbocycles. The van der Waals surface area contributed by atoms with Crippen LogP contribution >= 0.6 is 11.8 Å². The number of ketones is 1. The van der Waals surface area contributed by atoms with Crippen molar-refractivity contribution in [2.75, 3.05) is 66.8 Å². The van der Waals surface area contributed by atoms with Crippen LogP contribution in [0.15, 0.2) is 30.3 Å². The van der Waals surface area contributed by atoms with Gasteiger partial charge in [-0.05, 0) is 70.5 Å². The van der Waals surface area contributed by atoms with Gasteiger partial charge in [-0.25, -0.2) is 9.80 Å². The molecule has 1 heterocycles. The van der Waals surface area contributed by atoms with Gasteiger partial charge in [-0.3, -0.25) is 19.4 Å². The molecule has 0 radical (unpaired) electrons. The van der Waals surface area contributed by atoms with Gasteiger partial charge in [0.1, 0.15) is 6.61 Å². The molecule has 1 aromatic carbocycles. The summed E-state index contributed by atoms with van der Waals surface area (Å²) in [6, 6.07) is 9.12. The highest BCUT2D eigenvalue weighted by Crippen LogP contribution is 2.28. The van der Waals surface area contributed by atoms with E-state index in [1.54, 1.807) is 12.1 Å². The number of carbonyl (C=O) groups excluding carboxylic acids is 4. The van der Waals surface area contributed by atoms with Crippen molar-refractivity contribution in [3.05, 3.63) is 35.9 Å². The van der Waals surface area contributed by atoms with E-state index in [1.807, 2.05) is 61.1 Å². The molecular weight excluding hydrogens is 717 g/mol. The highest BCUT2D eigenvalue weighted by molar-refractivity contribution is 8.00. The Hall–Kier alpha value is -2.71. The quantitative estimate of drug-likeness (QED) is 0.125. The molecule has 2 rings (SSSR count).